The van der Waals surface area contributed by atoms with Crippen molar-refractivity contribution in [1.82, 2.24) is 4.90 Å². The SMILES string of the molecule is C=C(C)N1CSC(C)(C)[C@H]1C(C)=O.CC. The second-order valence-electron chi connectivity index (χ2n) is 4.10. The number of nitrogens with zero attached hydrogens (tertiary/aromatic N) is 1. The summed E-state index contributed by atoms with van der Waals surface area (Å²) in [4.78, 5) is 13.6. The minimum atomic E-state index is -0.00463. The number of carbonyl (C=O) groups is 1. The van der Waals surface area contributed by atoms with Crippen molar-refractivity contribution in [2.45, 2.75) is 52.3 Å². The number of allylic oxidation sites excluding steroid dienone is 1. The molecule has 1 fully saturated rings. The minimum Gasteiger partial charge on any atom is -0.355 e. The number of Topliss-reactive ketones (excluding diaryl/α,β-unsaturated/α-hetero) is 1. The summed E-state index contributed by atoms with van der Waals surface area (Å²) in [5.74, 6) is 1.12. The maximum atomic E-state index is 11.5. The van der Waals surface area contributed by atoms with Gasteiger partial charge in [0, 0.05) is 10.4 Å². The van der Waals surface area contributed by atoms with Crippen LogP contribution in [0.2, 0.25) is 0 Å². The second kappa shape index (κ2) is 5.59. The summed E-state index contributed by atoms with van der Waals surface area (Å²) in [6.07, 6.45) is 0. The first-order valence-corrected chi connectivity index (χ1v) is 6.41. The molecule has 0 radical (unpaired) electrons. The monoisotopic (exact) mass is 229 g/mol. The summed E-state index contributed by atoms with van der Waals surface area (Å²) in [5, 5.41) is 0. The highest BCUT2D eigenvalue weighted by atomic mass is 32.2. The van der Waals surface area contributed by atoms with E-state index in [-0.39, 0.29) is 16.6 Å². The molecule has 0 aromatic carbocycles. The average molecular weight is 229 g/mol. The molecular formula is C12H23NOS. The summed E-state index contributed by atoms with van der Waals surface area (Å²) in [5.41, 5.74) is 0.985. The molecule has 0 spiro atoms. The van der Waals surface area contributed by atoms with E-state index in [0.29, 0.717) is 0 Å². The number of rotatable bonds is 2. The normalized spacial score (nSPS) is 23.1. The van der Waals surface area contributed by atoms with Gasteiger partial charge >= 0.3 is 0 Å². The molecule has 2 nitrogen and oxygen atoms in total. The molecule has 1 saturated heterocycles. The molecule has 3 heteroatoms. The van der Waals surface area contributed by atoms with Gasteiger partial charge in [0.2, 0.25) is 0 Å². The van der Waals surface area contributed by atoms with Gasteiger partial charge in [-0.2, -0.15) is 0 Å². The fourth-order valence-corrected chi connectivity index (χ4v) is 3.10. The maximum Gasteiger partial charge on any atom is 0.153 e. The van der Waals surface area contributed by atoms with E-state index in [0.717, 1.165) is 11.6 Å². The zero-order chi connectivity index (χ0) is 12.2. The van der Waals surface area contributed by atoms with Gasteiger partial charge in [0.25, 0.3) is 0 Å². The van der Waals surface area contributed by atoms with Gasteiger partial charge in [-0.15, -0.1) is 11.8 Å². The Balaban J connectivity index is 0.000000921. The van der Waals surface area contributed by atoms with Gasteiger partial charge in [-0.05, 0) is 27.7 Å². The fraction of sp³-hybridized carbons (Fsp3) is 0.750. The molecule has 1 rings (SSSR count). The van der Waals surface area contributed by atoms with Crippen LogP contribution in [0, 0.1) is 0 Å². The van der Waals surface area contributed by atoms with Crippen LogP contribution < -0.4 is 0 Å². The number of ketones is 1. The Kier molecular flexibility index (Phi) is 5.43. The molecule has 0 bridgehead atoms. The van der Waals surface area contributed by atoms with Crippen LogP contribution in [-0.2, 0) is 4.79 Å². The number of carbonyl (C=O) groups excluding carboxylic acids is 1. The minimum absolute atomic E-state index is 0.00463. The first-order valence-electron chi connectivity index (χ1n) is 5.43. The van der Waals surface area contributed by atoms with E-state index in [4.69, 9.17) is 0 Å². The van der Waals surface area contributed by atoms with Gasteiger partial charge < -0.3 is 4.90 Å². The summed E-state index contributed by atoms with van der Waals surface area (Å²) < 4.78 is 0.0186. The van der Waals surface area contributed by atoms with Crippen molar-refractivity contribution >= 4 is 17.5 Å². The third-order valence-corrected chi connectivity index (χ3v) is 3.80. The third kappa shape index (κ3) is 3.26. The van der Waals surface area contributed by atoms with Crippen molar-refractivity contribution in [3.63, 3.8) is 0 Å². The smallest absolute Gasteiger partial charge is 0.153 e. The Morgan fingerprint density at radius 3 is 2.13 bits per heavy atom. The lowest BCUT2D eigenvalue weighted by Gasteiger charge is -2.30. The number of thioether (sulfide) groups is 1. The molecule has 88 valence electrons. The van der Waals surface area contributed by atoms with E-state index in [2.05, 4.69) is 25.3 Å². The average Bonchev–Trinajstić information content (AvgIpc) is 2.44. The molecule has 0 aromatic heterocycles. The zero-order valence-corrected chi connectivity index (χ0v) is 11.6. The highest BCUT2D eigenvalue weighted by Crippen LogP contribution is 2.40. The third-order valence-electron chi connectivity index (χ3n) is 2.42. The molecule has 0 aromatic rings. The maximum absolute atomic E-state index is 11.5. The second-order valence-corrected chi connectivity index (χ2v) is 5.69. The molecule has 1 aliphatic heterocycles. The summed E-state index contributed by atoms with van der Waals surface area (Å²) in [7, 11) is 0. The first-order chi connectivity index (χ1) is 6.86. The lowest BCUT2D eigenvalue weighted by Crippen LogP contribution is -2.44. The van der Waals surface area contributed by atoms with Gasteiger partial charge in [-0.3, -0.25) is 4.79 Å². The van der Waals surface area contributed by atoms with Gasteiger partial charge in [-0.25, -0.2) is 0 Å². The van der Waals surface area contributed by atoms with E-state index < -0.39 is 0 Å². The van der Waals surface area contributed by atoms with Crippen LogP contribution in [0.4, 0.5) is 0 Å². The lowest BCUT2D eigenvalue weighted by atomic mass is 9.98. The number of hydrogen-bond acceptors (Lipinski definition) is 3. The largest absolute Gasteiger partial charge is 0.355 e. The van der Waals surface area contributed by atoms with Crippen LogP contribution >= 0.6 is 11.8 Å². The predicted octanol–water partition coefficient (Wildman–Crippen LogP) is 3.29. The van der Waals surface area contributed by atoms with E-state index in [1.54, 1.807) is 6.92 Å². The Morgan fingerprint density at radius 2 is 1.87 bits per heavy atom. The van der Waals surface area contributed by atoms with Crippen LogP contribution in [0.15, 0.2) is 12.3 Å². The van der Waals surface area contributed by atoms with Crippen molar-refractivity contribution in [3.05, 3.63) is 12.3 Å². The van der Waals surface area contributed by atoms with Crippen molar-refractivity contribution in [2.24, 2.45) is 0 Å². The molecule has 1 heterocycles. The summed E-state index contributed by atoms with van der Waals surface area (Å²) in [6, 6.07) is -0.00463. The van der Waals surface area contributed by atoms with Crippen LogP contribution in [0.5, 0.6) is 0 Å². The summed E-state index contributed by atoms with van der Waals surface area (Å²) in [6.45, 7) is 15.7. The molecule has 0 unspecified atom stereocenters. The van der Waals surface area contributed by atoms with Crippen LogP contribution in [0.3, 0.4) is 0 Å². The predicted molar refractivity (Wildman–Crippen MR) is 69.0 cm³/mol. The van der Waals surface area contributed by atoms with Crippen molar-refractivity contribution in [2.75, 3.05) is 5.88 Å². The van der Waals surface area contributed by atoms with E-state index in [1.807, 2.05) is 32.5 Å². The quantitative estimate of drug-likeness (QED) is 0.724. The lowest BCUT2D eigenvalue weighted by molar-refractivity contribution is -0.121. The Morgan fingerprint density at radius 1 is 1.40 bits per heavy atom. The molecule has 0 aliphatic carbocycles. The van der Waals surface area contributed by atoms with Crippen LogP contribution in [0.1, 0.15) is 41.5 Å². The standard InChI is InChI=1S/C10H17NOS.C2H6/c1-7(2)11-6-13-10(4,5)9(11)8(3)12;1-2/h9H,1,6H2,2-5H3;1-2H3/t9-;/m1./s1. The Bertz CT molecular complexity index is 248. The van der Waals surface area contributed by atoms with Gasteiger partial charge in [0.05, 0.1) is 5.88 Å². The van der Waals surface area contributed by atoms with Gasteiger partial charge in [-0.1, -0.05) is 20.4 Å². The Labute approximate surface area is 98.1 Å². The first kappa shape index (κ1) is 14.6. The molecule has 1 aliphatic rings. The zero-order valence-electron chi connectivity index (χ0n) is 10.8. The summed E-state index contributed by atoms with van der Waals surface area (Å²) >= 11 is 1.82. The van der Waals surface area contributed by atoms with Crippen LogP contribution in [-0.4, -0.2) is 27.3 Å². The molecule has 15 heavy (non-hydrogen) atoms. The van der Waals surface area contributed by atoms with Crippen molar-refractivity contribution in [1.29, 1.82) is 0 Å². The van der Waals surface area contributed by atoms with E-state index in [9.17, 15) is 4.79 Å². The highest BCUT2D eigenvalue weighted by molar-refractivity contribution is 8.00. The molecular weight excluding hydrogens is 206 g/mol. The molecule has 0 N–H and O–H groups in total. The van der Waals surface area contributed by atoms with Crippen molar-refractivity contribution < 1.29 is 4.79 Å². The highest BCUT2D eigenvalue weighted by Gasteiger charge is 2.43. The van der Waals surface area contributed by atoms with Crippen LogP contribution in [0.25, 0.3) is 0 Å². The molecule has 1 atom stereocenters. The molecule has 0 saturated carbocycles. The van der Waals surface area contributed by atoms with Gasteiger partial charge in [0.15, 0.2) is 5.78 Å². The topological polar surface area (TPSA) is 20.3 Å². The Hall–Kier alpha value is -0.440. The molecule has 0 amide bonds. The van der Waals surface area contributed by atoms with E-state index in [1.165, 1.54) is 0 Å². The van der Waals surface area contributed by atoms with Gasteiger partial charge in [0.1, 0.15) is 6.04 Å². The number of hydrogen-bond donors (Lipinski definition) is 0. The van der Waals surface area contributed by atoms with Crippen molar-refractivity contribution in [3.8, 4) is 0 Å². The van der Waals surface area contributed by atoms with E-state index >= 15 is 0 Å². The fourth-order valence-electron chi connectivity index (χ4n) is 1.80.